The van der Waals surface area contributed by atoms with Crippen molar-refractivity contribution in [1.29, 1.82) is 0 Å². The fourth-order valence-electron chi connectivity index (χ4n) is 0.181. The number of carbonyl (C=O) groups excluding carboxylic acids is 1. The minimum Gasteiger partial charge on any atom is -0.289 e. The Bertz CT molecular complexity index is 110. The van der Waals surface area contributed by atoms with Crippen molar-refractivity contribution in [2.24, 2.45) is 0 Å². The molecule has 3 nitrogen and oxygen atoms in total. The molecule has 0 aliphatic heterocycles. The van der Waals surface area contributed by atoms with Gasteiger partial charge in [0.05, 0.1) is 0 Å². The standard InChI is InChI=1S/C3H3F3NO2/c4-3(5,6)1-2(8)7-9/h1,9H,(H,7,8). The molecule has 0 aromatic rings. The molecule has 0 spiro atoms. The fourth-order valence-corrected chi connectivity index (χ4v) is 0.181. The van der Waals surface area contributed by atoms with Crippen molar-refractivity contribution in [3.8, 4) is 0 Å². The first-order valence-electron chi connectivity index (χ1n) is 1.82. The van der Waals surface area contributed by atoms with Gasteiger partial charge in [-0.2, -0.15) is 13.2 Å². The third kappa shape index (κ3) is 5.09. The van der Waals surface area contributed by atoms with Crippen LogP contribution in [0.15, 0.2) is 0 Å². The van der Waals surface area contributed by atoms with Gasteiger partial charge in [0, 0.05) is 0 Å². The Morgan fingerprint density at radius 3 is 2.11 bits per heavy atom. The van der Waals surface area contributed by atoms with Crippen molar-refractivity contribution in [3.63, 3.8) is 0 Å². The van der Waals surface area contributed by atoms with E-state index in [1.807, 2.05) is 0 Å². The lowest BCUT2D eigenvalue weighted by atomic mass is 10.4. The molecule has 0 aromatic carbocycles. The maximum absolute atomic E-state index is 11.1. The summed E-state index contributed by atoms with van der Waals surface area (Å²) in [7, 11) is 0. The third-order valence-electron chi connectivity index (χ3n) is 0.405. The van der Waals surface area contributed by atoms with Gasteiger partial charge in [-0.15, -0.1) is 0 Å². The molecular formula is C3H3F3NO2. The van der Waals surface area contributed by atoms with E-state index in [1.54, 1.807) is 0 Å². The van der Waals surface area contributed by atoms with Crippen molar-refractivity contribution < 1.29 is 23.2 Å². The lowest BCUT2D eigenvalue weighted by molar-refractivity contribution is -0.139. The molecule has 0 bridgehead atoms. The van der Waals surface area contributed by atoms with Crippen LogP contribution in [-0.2, 0) is 4.79 Å². The molecule has 0 unspecified atom stereocenters. The van der Waals surface area contributed by atoms with E-state index in [-0.39, 0.29) is 0 Å². The first-order valence-corrected chi connectivity index (χ1v) is 1.82. The number of nitrogens with one attached hydrogen (secondary N) is 1. The van der Waals surface area contributed by atoms with Gasteiger partial charge in [0.1, 0.15) is 0 Å². The van der Waals surface area contributed by atoms with Crippen LogP contribution in [0.4, 0.5) is 13.2 Å². The number of hydrogen-bond acceptors (Lipinski definition) is 2. The molecule has 1 radical (unpaired) electrons. The van der Waals surface area contributed by atoms with Crippen molar-refractivity contribution >= 4 is 5.91 Å². The summed E-state index contributed by atoms with van der Waals surface area (Å²) in [6, 6.07) is 0. The molecule has 0 saturated carbocycles. The smallest absolute Gasteiger partial charge is 0.289 e. The van der Waals surface area contributed by atoms with Gasteiger partial charge < -0.3 is 0 Å². The number of hydrogen-bond donors (Lipinski definition) is 2. The zero-order valence-corrected chi connectivity index (χ0v) is 4.07. The molecular weight excluding hydrogens is 139 g/mol. The van der Waals surface area contributed by atoms with E-state index < -0.39 is 18.5 Å². The van der Waals surface area contributed by atoms with Gasteiger partial charge in [0.15, 0.2) is 6.42 Å². The molecule has 0 atom stereocenters. The highest BCUT2D eigenvalue weighted by molar-refractivity contribution is 5.84. The minimum absolute atomic E-state index is 0.590. The van der Waals surface area contributed by atoms with E-state index in [9.17, 15) is 18.0 Å². The van der Waals surface area contributed by atoms with Gasteiger partial charge in [-0.3, -0.25) is 10.0 Å². The summed E-state index contributed by atoms with van der Waals surface area (Å²) in [5.41, 5.74) is 0.807. The number of amides is 1. The molecule has 6 heteroatoms. The van der Waals surface area contributed by atoms with E-state index in [4.69, 9.17) is 5.21 Å². The Morgan fingerprint density at radius 1 is 1.56 bits per heavy atom. The zero-order chi connectivity index (χ0) is 7.49. The summed E-state index contributed by atoms with van der Waals surface area (Å²) in [4.78, 5) is 9.69. The second kappa shape index (κ2) is 2.67. The SMILES string of the molecule is O=C([CH]C(F)(F)F)NO. The lowest BCUT2D eigenvalue weighted by Gasteiger charge is -2.01. The molecule has 0 rings (SSSR count). The van der Waals surface area contributed by atoms with Crippen molar-refractivity contribution in [3.05, 3.63) is 6.42 Å². The maximum Gasteiger partial charge on any atom is 0.401 e. The molecule has 53 valence electrons. The van der Waals surface area contributed by atoms with Crippen LogP contribution in [0.3, 0.4) is 0 Å². The third-order valence-corrected chi connectivity index (χ3v) is 0.405. The maximum atomic E-state index is 11.1. The average molecular weight is 142 g/mol. The van der Waals surface area contributed by atoms with Gasteiger partial charge in [0.2, 0.25) is 0 Å². The minimum atomic E-state index is -4.67. The highest BCUT2D eigenvalue weighted by Crippen LogP contribution is 2.17. The van der Waals surface area contributed by atoms with Crippen LogP contribution in [0.5, 0.6) is 0 Å². The normalized spacial score (nSPS) is 11.1. The number of carbonyl (C=O) groups is 1. The summed E-state index contributed by atoms with van der Waals surface area (Å²) >= 11 is 0. The van der Waals surface area contributed by atoms with Crippen LogP contribution in [0.25, 0.3) is 0 Å². The Balaban J connectivity index is 3.60. The summed E-state index contributed by atoms with van der Waals surface area (Å²) in [6.45, 7) is 0. The van der Waals surface area contributed by atoms with Crippen LogP contribution >= 0.6 is 0 Å². The van der Waals surface area contributed by atoms with E-state index in [2.05, 4.69) is 0 Å². The van der Waals surface area contributed by atoms with Crippen LogP contribution < -0.4 is 5.48 Å². The monoisotopic (exact) mass is 142 g/mol. The Labute approximate surface area is 48.4 Å². The predicted octanol–water partition coefficient (Wildman–Crippen LogP) is 0.258. The van der Waals surface area contributed by atoms with Gasteiger partial charge in [-0.1, -0.05) is 0 Å². The van der Waals surface area contributed by atoms with Crippen LogP contribution in [0, 0.1) is 6.42 Å². The van der Waals surface area contributed by atoms with Crippen molar-refractivity contribution in [1.82, 2.24) is 5.48 Å². The van der Waals surface area contributed by atoms with Gasteiger partial charge in [0.25, 0.3) is 5.91 Å². The predicted molar refractivity (Wildman–Crippen MR) is 20.3 cm³/mol. The Morgan fingerprint density at radius 2 is 2.00 bits per heavy atom. The van der Waals surface area contributed by atoms with Crippen molar-refractivity contribution in [2.45, 2.75) is 6.18 Å². The lowest BCUT2D eigenvalue weighted by Crippen LogP contribution is -2.26. The summed E-state index contributed by atoms with van der Waals surface area (Å²) < 4.78 is 33.2. The van der Waals surface area contributed by atoms with Gasteiger partial charge in [-0.05, 0) is 0 Å². The quantitative estimate of drug-likeness (QED) is 0.407. The molecule has 0 fully saturated rings. The summed E-state index contributed by atoms with van der Waals surface area (Å²) in [5, 5.41) is 7.57. The highest BCUT2D eigenvalue weighted by Gasteiger charge is 2.31. The number of hydroxylamine groups is 1. The van der Waals surface area contributed by atoms with Crippen LogP contribution in [0.2, 0.25) is 0 Å². The summed E-state index contributed by atoms with van der Waals surface area (Å²) in [6.07, 6.45) is -5.26. The van der Waals surface area contributed by atoms with Crippen LogP contribution in [-0.4, -0.2) is 17.3 Å². The molecule has 0 aromatic heterocycles. The van der Waals surface area contributed by atoms with E-state index in [1.165, 1.54) is 0 Å². The second-order valence-electron chi connectivity index (χ2n) is 1.16. The Kier molecular flexibility index (Phi) is 2.44. The molecule has 2 N–H and O–H groups in total. The number of rotatable bonds is 1. The van der Waals surface area contributed by atoms with Crippen molar-refractivity contribution in [2.75, 3.05) is 0 Å². The highest BCUT2D eigenvalue weighted by atomic mass is 19.4. The molecule has 0 heterocycles. The molecule has 1 amide bonds. The molecule has 0 aliphatic carbocycles. The van der Waals surface area contributed by atoms with E-state index in [0.717, 1.165) is 5.48 Å². The average Bonchev–Trinajstić information content (AvgIpc) is 1.62. The van der Waals surface area contributed by atoms with E-state index >= 15 is 0 Å². The second-order valence-corrected chi connectivity index (χ2v) is 1.16. The van der Waals surface area contributed by atoms with Crippen LogP contribution in [0.1, 0.15) is 0 Å². The first kappa shape index (κ1) is 8.22. The van der Waals surface area contributed by atoms with E-state index in [0.29, 0.717) is 0 Å². The topological polar surface area (TPSA) is 49.3 Å². The Hall–Kier alpha value is -0.780. The number of halogens is 3. The number of alkyl halides is 3. The zero-order valence-electron chi connectivity index (χ0n) is 4.07. The van der Waals surface area contributed by atoms with Gasteiger partial charge >= 0.3 is 6.18 Å². The molecule has 0 saturated heterocycles. The molecule has 9 heavy (non-hydrogen) atoms. The summed E-state index contributed by atoms with van der Waals surface area (Å²) in [5.74, 6) is -1.58. The van der Waals surface area contributed by atoms with Gasteiger partial charge in [-0.25, -0.2) is 5.48 Å². The first-order chi connectivity index (χ1) is 3.95. The largest absolute Gasteiger partial charge is 0.401 e. The molecule has 0 aliphatic rings. The fraction of sp³-hybridized carbons (Fsp3) is 0.333.